The second-order valence-corrected chi connectivity index (χ2v) is 7.67. The standard InChI is InChI=1S/C15H13Cl2FN2O3S/c1-24(22,23)20(12-5-2-10(16)3-6-12)9-15(21)19-11-4-7-14(18)13(17)8-11/h2-8H,9H2,1H3,(H,19,21). The minimum Gasteiger partial charge on any atom is -0.324 e. The van der Waals surface area contributed by atoms with E-state index >= 15 is 0 Å². The van der Waals surface area contributed by atoms with E-state index in [2.05, 4.69) is 5.32 Å². The zero-order valence-corrected chi connectivity index (χ0v) is 14.8. The molecule has 0 aliphatic heterocycles. The number of nitrogens with zero attached hydrogens (tertiary/aromatic N) is 1. The molecule has 0 radical (unpaired) electrons. The fourth-order valence-electron chi connectivity index (χ4n) is 1.91. The minimum absolute atomic E-state index is 0.148. The van der Waals surface area contributed by atoms with Crippen molar-refractivity contribution in [2.24, 2.45) is 0 Å². The van der Waals surface area contributed by atoms with Crippen LogP contribution in [-0.4, -0.2) is 27.1 Å². The molecule has 0 atom stereocenters. The van der Waals surface area contributed by atoms with E-state index in [1.807, 2.05) is 0 Å². The van der Waals surface area contributed by atoms with Gasteiger partial charge in [-0.25, -0.2) is 12.8 Å². The number of hydrogen-bond donors (Lipinski definition) is 1. The van der Waals surface area contributed by atoms with Gasteiger partial charge in [0.05, 0.1) is 17.0 Å². The van der Waals surface area contributed by atoms with Crippen LogP contribution in [0.25, 0.3) is 0 Å². The third-order valence-electron chi connectivity index (χ3n) is 3.01. The molecule has 2 aromatic rings. The summed E-state index contributed by atoms with van der Waals surface area (Å²) in [4.78, 5) is 12.1. The van der Waals surface area contributed by atoms with E-state index in [4.69, 9.17) is 23.2 Å². The highest BCUT2D eigenvalue weighted by Gasteiger charge is 2.21. The normalized spacial score (nSPS) is 11.2. The molecule has 0 heterocycles. The topological polar surface area (TPSA) is 66.5 Å². The van der Waals surface area contributed by atoms with E-state index < -0.39 is 28.3 Å². The van der Waals surface area contributed by atoms with Gasteiger partial charge in [0.2, 0.25) is 15.9 Å². The quantitative estimate of drug-likeness (QED) is 0.848. The Morgan fingerprint density at radius 3 is 2.33 bits per heavy atom. The van der Waals surface area contributed by atoms with Crippen molar-refractivity contribution in [1.82, 2.24) is 0 Å². The van der Waals surface area contributed by atoms with Gasteiger partial charge in [-0.15, -0.1) is 0 Å². The minimum atomic E-state index is -3.69. The van der Waals surface area contributed by atoms with Crippen molar-refractivity contribution in [1.29, 1.82) is 0 Å². The Balaban J connectivity index is 2.18. The Morgan fingerprint density at radius 1 is 1.17 bits per heavy atom. The molecule has 0 unspecified atom stereocenters. The monoisotopic (exact) mass is 390 g/mol. The van der Waals surface area contributed by atoms with Gasteiger partial charge in [0.1, 0.15) is 12.4 Å². The first-order valence-electron chi connectivity index (χ1n) is 6.65. The molecular formula is C15H13Cl2FN2O3S. The highest BCUT2D eigenvalue weighted by molar-refractivity contribution is 7.92. The largest absolute Gasteiger partial charge is 0.324 e. The lowest BCUT2D eigenvalue weighted by molar-refractivity contribution is -0.114. The highest BCUT2D eigenvalue weighted by atomic mass is 35.5. The van der Waals surface area contributed by atoms with Gasteiger partial charge >= 0.3 is 0 Å². The smallest absolute Gasteiger partial charge is 0.245 e. The number of nitrogens with one attached hydrogen (secondary N) is 1. The van der Waals surface area contributed by atoms with Gasteiger partial charge in [0, 0.05) is 10.7 Å². The van der Waals surface area contributed by atoms with E-state index in [0.29, 0.717) is 10.7 Å². The van der Waals surface area contributed by atoms with Crippen molar-refractivity contribution in [3.05, 3.63) is 58.3 Å². The Bertz CT molecular complexity index is 858. The van der Waals surface area contributed by atoms with Crippen LogP contribution in [0.3, 0.4) is 0 Å². The number of carbonyl (C=O) groups excluding carboxylic acids is 1. The van der Waals surface area contributed by atoms with Gasteiger partial charge in [0.25, 0.3) is 0 Å². The lowest BCUT2D eigenvalue weighted by atomic mass is 10.3. The second kappa shape index (κ2) is 7.38. The molecule has 5 nitrogen and oxygen atoms in total. The van der Waals surface area contributed by atoms with Crippen LogP contribution in [0.5, 0.6) is 0 Å². The van der Waals surface area contributed by atoms with Crippen molar-refractivity contribution in [3.63, 3.8) is 0 Å². The van der Waals surface area contributed by atoms with Gasteiger partial charge in [-0.1, -0.05) is 23.2 Å². The van der Waals surface area contributed by atoms with E-state index in [-0.39, 0.29) is 10.7 Å². The van der Waals surface area contributed by atoms with Gasteiger partial charge in [-0.3, -0.25) is 9.10 Å². The van der Waals surface area contributed by atoms with Crippen LogP contribution in [0, 0.1) is 5.82 Å². The molecule has 128 valence electrons. The van der Waals surface area contributed by atoms with Crippen LogP contribution in [0.2, 0.25) is 10.0 Å². The summed E-state index contributed by atoms with van der Waals surface area (Å²) in [6, 6.07) is 9.69. The molecule has 0 saturated carbocycles. The lowest BCUT2D eigenvalue weighted by Crippen LogP contribution is -2.37. The number of halogens is 3. The van der Waals surface area contributed by atoms with Crippen molar-refractivity contribution in [2.45, 2.75) is 0 Å². The highest BCUT2D eigenvalue weighted by Crippen LogP contribution is 2.22. The average molecular weight is 391 g/mol. The summed E-state index contributed by atoms with van der Waals surface area (Å²) in [5.74, 6) is -1.22. The molecule has 0 aromatic heterocycles. The maximum Gasteiger partial charge on any atom is 0.245 e. The average Bonchev–Trinajstić information content (AvgIpc) is 2.49. The molecule has 0 spiro atoms. The Labute approximate surface area is 149 Å². The van der Waals surface area contributed by atoms with Crippen LogP contribution in [0.1, 0.15) is 0 Å². The van der Waals surface area contributed by atoms with Crippen molar-refractivity contribution in [2.75, 3.05) is 22.4 Å². The Kier molecular flexibility index (Phi) is 5.69. The summed E-state index contributed by atoms with van der Waals surface area (Å²) in [5.41, 5.74) is 0.560. The first kappa shape index (κ1) is 18.5. The number of amides is 1. The van der Waals surface area contributed by atoms with Crippen molar-refractivity contribution >= 4 is 50.5 Å². The summed E-state index contributed by atoms with van der Waals surface area (Å²) in [6.07, 6.45) is 0.990. The van der Waals surface area contributed by atoms with Gasteiger partial charge < -0.3 is 5.32 Å². The number of benzene rings is 2. The molecule has 2 rings (SSSR count). The third-order valence-corrected chi connectivity index (χ3v) is 4.69. The summed E-state index contributed by atoms with van der Waals surface area (Å²) >= 11 is 11.4. The number of sulfonamides is 1. The van der Waals surface area contributed by atoms with Crippen molar-refractivity contribution < 1.29 is 17.6 Å². The molecule has 1 amide bonds. The molecule has 0 aliphatic carbocycles. The lowest BCUT2D eigenvalue weighted by Gasteiger charge is -2.22. The second-order valence-electron chi connectivity index (χ2n) is 4.92. The third kappa shape index (κ3) is 4.83. The van der Waals surface area contributed by atoms with Gasteiger partial charge in [-0.05, 0) is 42.5 Å². The van der Waals surface area contributed by atoms with Gasteiger partial charge in [-0.2, -0.15) is 0 Å². The molecule has 0 bridgehead atoms. The van der Waals surface area contributed by atoms with Crippen LogP contribution < -0.4 is 9.62 Å². The van der Waals surface area contributed by atoms with Gasteiger partial charge in [0.15, 0.2) is 0 Å². The fraction of sp³-hybridized carbons (Fsp3) is 0.133. The molecular weight excluding hydrogens is 378 g/mol. The molecule has 1 N–H and O–H groups in total. The predicted octanol–water partition coefficient (Wildman–Crippen LogP) is 3.54. The summed E-state index contributed by atoms with van der Waals surface area (Å²) in [7, 11) is -3.69. The molecule has 9 heteroatoms. The van der Waals surface area contributed by atoms with E-state index in [9.17, 15) is 17.6 Å². The van der Waals surface area contributed by atoms with Crippen molar-refractivity contribution in [3.8, 4) is 0 Å². The van der Waals surface area contributed by atoms with Crippen LogP contribution in [-0.2, 0) is 14.8 Å². The number of anilines is 2. The van der Waals surface area contributed by atoms with Crippen LogP contribution in [0.4, 0.5) is 15.8 Å². The molecule has 0 aliphatic rings. The zero-order chi connectivity index (χ0) is 17.9. The Hall–Kier alpha value is -1.83. The summed E-state index contributed by atoms with van der Waals surface area (Å²) in [6.45, 7) is -0.449. The SMILES string of the molecule is CS(=O)(=O)N(CC(=O)Nc1ccc(F)c(Cl)c1)c1ccc(Cl)cc1. The summed E-state index contributed by atoms with van der Waals surface area (Å²) in [5, 5.41) is 2.77. The van der Waals surface area contributed by atoms with E-state index in [1.54, 1.807) is 0 Å². The summed E-state index contributed by atoms with van der Waals surface area (Å²) < 4.78 is 37.9. The van der Waals surface area contributed by atoms with E-state index in [1.165, 1.54) is 36.4 Å². The molecule has 0 saturated heterocycles. The number of carbonyl (C=O) groups is 1. The molecule has 2 aromatic carbocycles. The number of rotatable bonds is 5. The van der Waals surface area contributed by atoms with Crippen LogP contribution in [0.15, 0.2) is 42.5 Å². The number of hydrogen-bond acceptors (Lipinski definition) is 3. The van der Waals surface area contributed by atoms with Crippen LogP contribution >= 0.6 is 23.2 Å². The zero-order valence-electron chi connectivity index (χ0n) is 12.5. The fourth-order valence-corrected chi connectivity index (χ4v) is 3.08. The predicted molar refractivity (Wildman–Crippen MR) is 93.7 cm³/mol. The maximum absolute atomic E-state index is 13.1. The molecule has 24 heavy (non-hydrogen) atoms. The Morgan fingerprint density at radius 2 is 1.79 bits per heavy atom. The van der Waals surface area contributed by atoms with E-state index in [0.717, 1.165) is 16.6 Å². The first-order valence-corrected chi connectivity index (χ1v) is 9.25. The first-order chi connectivity index (χ1) is 11.2. The molecule has 0 fully saturated rings. The maximum atomic E-state index is 13.1.